The predicted octanol–water partition coefficient (Wildman–Crippen LogP) is 2.01. The molecule has 0 radical (unpaired) electrons. The fraction of sp³-hybridized carbons (Fsp3) is 0.348. The molecule has 5 rings (SSSR count). The summed E-state index contributed by atoms with van der Waals surface area (Å²) in [6.45, 7) is 3.22. The van der Waals surface area contributed by atoms with E-state index in [1.165, 1.54) is 0 Å². The first kappa shape index (κ1) is 18.8. The van der Waals surface area contributed by atoms with Crippen LogP contribution in [-0.2, 0) is 6.54 Å². The van der Waals surface area contributed by atoms with Crippen molar-refractivity contribution in [1.82, 2.24) is 20.5 Å². The summed E-state index contributed by atoms with van der Waals surface area (Å²) in [5.41, 5.74) is 5.28. The SMILES string of the molecule is CN1CCC(NC(=O)c2cnc3c(c2)C(c2ccc4c(c2)CNC4=O)=CCN3)CC1. The molecule has 4 heterocycles. The van der Waals surface area contributed by atoms with Crippen LogP contribution in [0.2, 0.25) is 0 Å². The Morgan fingerprint density at radius 3 is 2.83 bits per heavy atom. The second-order valence-corrected chi connectivity index (χ2v) is 8.22. The number of amides is 2. The average molecular weight is 403 g/mol. The summed E-state index contributed by atoms with van der Waals surface area (Å²) in [4.78, 5) is 31.5. The van der Waals surface area contributed by atoms with Crippen molar-refractivity contribution in [3.63, 3.8) is 0 Å². The van der Waals surface area contributed by atoms with Crippen molar-refractivity contribution >= 4 is 23.2 Å². The number of anilines is 1. The summed E-state index contributed by atoms with van der Waals surface area (Å²) in [6, 6.07) is 8.02. The predicted molar refractivity (Wildman–Crippen MR) is 115 cm³/mol. The molecule has 0 atom stereocenters. The minimum atomic E-state index is -0.0754. The van der Waals surface area contributed by atoms with Crippen molar-refractivity contribution in [1.29, 1.82) is 0 Å². The maximum absolute atomic E-state index is 12.9. The summed E-state index contributed by atoms with van der Waals surface area (Å²) in [5.74, 6) is 0.678. The van der Waals surface area contributed by atoms with Crippen LogP contribution in [0.25, 0.3) is 5.57 Å². The molecule has 30 heavy (non-hydrogen) atoms. The van der Waals surface area contributed by atoms with Gasteiger partial charge in [-0.3, -0.25) is 9.59 Å². The van der Waals surface area contributed by atoms with Gasteiger partial charge in [0, 0.05) is 36.5 Å². The molecule has 3 aliphatic heterocycles. The summed E-state index contributed by atoms with van der Waals surface area (Å²) in [6.07, 6.45) is 5.68. The monoisotopic (exact) mass is 403 g/mol. The van der Waals surface area contributed by atoms with Crippen molar-refractivity contribution in [3.8, 4) is 0 Å². The van der Waals surface area contributed by atoms with Crippen LogP contribution < -0.4 is 16.0 Å². The van der Waals surface area contributed by atoms with Gasteiger partial charge in [0.05, 0.1) is 5.56 Å². The molecule has 1 aromatic heterocycles. The minimum absolute atomic E-state index is 0.0224. The lowest BCUT2D eigenvalue weighted by Gasteiger charge is -2.29. The Morgan fingerprint density at radius 2 is 2.00 bits per heavy atom. The van der Waals surface area contributed by atoms with Crippen LogP contribution in [0.5, 0.6) is 0 Å². The average Bonchev–Trinajstić information content (AvgIpc) is 3.14. The largest absolute Gasteiger partial charge is 0.366 e. The maximum Gasteiger partial charge on any atom is 0.253 e. The number of benzene rings is 1. The molecular weight excluding hydrogens is 378 g/mol. The highest BCUT2D eigenvalue weighted by Crippen LogP contribution is 2.33. The number of carbonyl (C=O) groups excluding carboxylic acids is 2. The molecule has 0 unspecified atom stereocenters. The quantitative estimate of drug-likeness (QED) is 0.730. The first-order valence-corrected chi connectivity index (χ1v) is 10.4. The molecule has 0 spiro atoms. The van der Waals surface area contributed by atoms with Gasteiger partial charge in [-0.25, -0.2) is 4.98 Å². The fourth-order valence-corrected chi connectivity index (χ4v) is 4.39. The first-order chi connectivity index (χ1) is 14.6. The van der Waals surface area contributed by atoms with Crippen LogP contribution in [-0.4, -0.2) is 54.4 Å². The number of nitrogens with zero attached hydrogens (tertiary/aromatic N) is 2. The smallest absolute Gasteiger partial charge is 0.253 e. The number of carbonyl (C=O) groups is 2. The molecule has 7 heteroatoms. The van der Waals surface area contributed by atoms with E-state index < -0.39 is 0 Å². The topological polar surface area (TPSA) is 86.4 Å². The highest BCUT2D eigenvalue weighted by Gasteiger charge is 2.24. The molecule has 2 amide bonds. The molecular formula is C23H25N5O2. The number of hydrogen-bond acceptors (Lipinski definition) is 5. The highest BCUT2D eigenvalue weighted by atomic mass is 16.2. The van der Waals surface area contributed by atoms with E-state index in [2.05, 4.69) is 45.0 Å². The Bertz CT molecular complexity index is 1050. The minimum Gasteiger partial charge on any atom is -0.366 e. The van der Waals surface area contributed by atoms with Crippen molar-refractivity contribution in [3.05, 3.63) is 64.4 Å². The molecule has 7 nitrogen and oxygen atoms in total. The Morgan fingerprint density at radius 1 is 1.17 bits per heavy atom. The number of fused-ring (bicyclic) bond motifs is 2. The van der Waals surface area contributed by atoms with Gasteiger partial charge in [-0.05, 0) is 67.9 Å². The van der Waals surface area contributed by atoms with Crippen LogP contribution >= 0.6 is 0 Å². The second-order valence-electron chi connectivity index (χ2n) is 8.22. The van der Waals surface area contributed by atoms with E-state index in [-0.39, 0.29) is 17.9 Å². The van der Waals surface area contributed by atoms with Gasteiger partial charge in [0.25, 0.3) is 11.8 Å². The lowest BCUT2D eigenvalue weighted by atomic mass is 9.92. The third-order valence-electron chi connectivity index (χ3n) is 6.17. The second kappa shape index (κ2) is 7.57. The summed E-state index contributed by atoms with van der Waals surface area (Å²) in [5, 5.41) is 9.31. The van der Waals surface area contributed by atoms with Gasteiger partial charge in [0.2, 0.25) is 0 Å². The number of pyridine rings is 1. The van der Waals surface area contributed by atoms with Crippen LogP contribution in [0.3, 0.4) is 0 Å². The van der Waals surface area contributed by atoms with Gasteiger partial charge >= 0.3 is 0 Å². The molecule has 2 aromatic rings. The molecule has 3 aliphatic rings. The van der Waals surface area contributed by atoms with Gasteiger partial charge < -0.3 is 20.9 Å². The zero-order valence-corrected chi connectivity index (χ0v) is 17.0. The van der Waals surface area contributed by atoms with Gasteiger partial charge in [-0.1, -0.05) is 12.1 Å². The van der Waals surface area contributed by atoms with E-state index in [0.717, 1.165) is 59.6 Å². The van der Waals surface area contributed by atoms with E-state index in [4.69, 9.17) is 0 Å². The number of likely N-dealkylation sites (tertiary alicyclic amines) is 1. The zero-order valence-electron chi connectivity index (χ0n) is 17.0. The van der Waals surface area contributed by atoms with E-state index in [1.807, 2.05) is 18.2 Å². The molecule has 154 valence electrons. The van der Waals surface area contributed by atoms with Crippen LogP contribution in [0.1, 0.15) is 50.2 Å². The van der Waals surface area contributed by atoms with Gasteiger partial charge in [0.15, 0.2) is 0 Å². The molecule has 1 aromatic carbocycles. The number of piperidine rings is 1. The number of rotatable bonds is 3. The van der Waals surface area contributed by atoms with Crippen molar-refractivity contribution in [2.24, 2.45) is 0 Å². The van der Waals surface area contributed by atoms with Crippen LogP contribution in [0.15, 0.2) is 36.5 Å². The molecule has 1 fully saturated rings. The Labute approximate surface area is 175 Å². The highest BCUT2D eigenvalue weighted by molar-refractivity contribution is 6.00. The third kappa shape index (κ3) is 3.45. The normalized spacial score (nSPS) is 18.7. The Kier molecular flexibility index (Phi) is 4.75. The van der Waals surface area contributed by atoms with E-state index in [1.54, 1.807) is 6.20 Å². The molecule has 0 aliphatic carbocycles. The summed E-state index contributed by atoms with van der Waals surface area (Å²) in [7, 11) is 2.11. The number of nitrogens with one attached hydrogen (secondary N) is 3. The van der Waals surface area contributed by atoms with Crippen molar-refractivity contribution in [2.45, 2.75) is 25.4 Å². The standard InChI is InChI=1S/C23H25N5O2/c1-28-8-5-17(6-9-28)27-22(29)16-11-20-18(4-7-24-21(20)25-13-16)14-2-3-19-15(10-14)12-26-23(19)30/h2-4,10-11,13,17H,5-9,12H2,1H3,(H,24,25)(H,26,30)(H,27,29). The number of hydrogen-bond donors (Lipinski definition) is 3. The maximum atomic E-state index is 12.9. The van der Waals surface area contributed by atoms with Gasteiger partial charge in [0.1, 0.15) is 5.82 Å². The zero-order chi connectivity index (χ0) is 20.7. The first-order valence-electron chi connectivity index (χ1n) is 10.4. The van der Waals surface area contributed by atoms with E-state index in [9.17, 15) is 9.59 Å². The van der Waals surface area contributed by atoms with Gasteiger partial charge in [-0.15, -0.1) is 0 Å². The van der Waals surface area contributed by atoms with Gasteiger partial charge in [-0.2, -0.15) is 0 Å². The van der Waals surface area contributed by atoms with Crippen LogP contribution in [0.4, 0.5) is 5.82 Å². The summed E-state index contributed by atoms with van der Waals surface area (Å²) >= 11 is 0. The molecule has 0 saturated carbocycles. The lowest BCUT2D eigenvalue weighted by Crippen LogP contribution is -2.43. The van der Waals surface area contributed by atoms with Crippen molar-refractivity contribution < 1.29 is 9.59 Å². The van der Waals surface area contributed by atoms with Crippen molar-refractivity contribution in [2.75, 3.05) is 32.0 Å². The Balaban J connectivity index is 1.41. The lowest BCUT2D eigenvalue weighted by molar-refractivity contribution is 0.0915. The molecule has 3 N–H and O–H groups in total. The molecule has 1 saturated heterocycles. The van der Waals surface area contributed by atoms with E-state index in [0.29, 0.717) is 18.7 Å². The Hall–Kier alpha value is -3.19. The number of aromatic nitrogens is 1. The summed E-state index contributed by atoms with van der Waals surface area (Å²) < 4.78 is 0. The van der Waals surface area contributed by atoms with Crippen LogP contribution in [0, 0.1) is 0 Å². The fourth-order valence-electron chi connectivity index (χ4n) is 4.39. The third-order valence-corrected chi connectivity index (χ3v) is 6.17. The van der Waals surface area contributed by atoms with E-state index >= 15 is 0 Å². The molecule has 0 bridgehead atoms.